The van der Waals surface area contributed by atoms with Crippen LogP contribution in [-0.4, -0.2) is 23.1 Å². The van der Waals surface area contributed by atoms with Crippen LogP contribution in [0.3, 0.4) is 0 Å². The molecule has 5 aliphatic rings. The molecule has 5 nitrogen and oxygen atoms in total. The number of ether oxygens (including phenoxy) is 2. The first-order chi connectivity index (χ1) is 10.2. The van der Waals surface area contributed by atoms with Gasteiger partial charge in [-0.05, 0) is 32.1 Å². The van der Waals surface area contributed by atoms with Crippen LogP contribution in [0, 0.1) is 23.2 Å². The quantitative estimate of drug-likeness (QED) is 0.508. The number of esters is 1. The highest BCUT2D eigenvalue weighted by atomic mass is 17.3. The van der Waals surface area contributed by atoms with Gasteiger partial charge in [0.15, 0.2) is 5.60 Å². The monoisotopic (exact) mass is 310 g/mol. The van der Waals surface area contributed by atoms with Gasteiger partial charge in [-0.25, -0.2) is 9.78 Å². The van der Waals surface area contributed by atoms with Crippen molar-refractivity contribution in [2.75, 3.05) is 0 Å². The van der Waals surface area contributed by atoms with E-state index in [4.69, 9.17) is 19.2 Å². The van der Waals surface area contributed by atoms with E-state index in [9.17, 15) is 4.79 Å². The van der Waals surface area contributed by atoms with Crippen molar-refractivity contribution in [2.45, 2.75) is 77.5 Å². The van der Waals surface area contributed by atoms with E-state index in [1.807, 2.05) is 20.8 Å². The van der Waals surface area contributed by atoms with Gasteiger partial charge in [0.2, 0.25) is 11.6 Å². The fourth-order valence-corrected chi connectivity index (χ4v) is 5.65. The Morgan fingerprint density at radius 2 is 1.77 bits per heavy atom. The molecule has 22 heavy (non-hydrogen) atoms. The van der Waals surface area contributed by atoms with E-state index < -0.39 is 17.2 Å². The Morgan fingerprint density at radius 1 is 1.05 bits per heavy atom. The van der Waals surface area contributed by atoms with Crippen LogP contribution in [0.5, 0.6) is 0 Å². The Balaban J connectivity index is 1.96. The van der Waals surface area contributed by atoms with Crippen LogP contribution < -0.4 is 0 Å². The summed E-state index contributed by atoms with van der Waals surface area (Å²) in [5, 5.41) is 0. The van der Waals surface area contributed by atoms with Gasteiger partial charge in [-0.3, -0.25) is 4.79 Å². The Hall–Kier alpha value is -0.650. The third-order valence-corrected chi connectivity index (χ3v) is 7.17. The van der Waals surface area contributed by atoms with E-state index in [0.717, 1.165) is 25.7 Å². The van der Waals surface area contributed by atoms with Gasteiger partial charge < -0.3 is 9.47 Å². The highest BCUT2D eigenvalue weighted by Crippen LogP contribution is 2.68. The van der Waals surface area contributed by atoms with E-state index in [1.165, 1.54) is 0 Å². The summed E-state index contributed by atoms with van der Waals surface area (Å²) in [5.74, 6) is -1.81. The van der Waals surface area contributed by atoms with Crippen molar-refractivity contribution >= 4 is 5.97 Å². The molecule has 1 spiro atoms. The van der Waals surface area contributed by atoms with Gasteiger partial charge >= 0.3 is 5.97 Å². The summed E-state index contributed by atoms with van der Waals surface area (Å²) in [5.41, 5.74) is -0.880. The lowest BCUT2D eigenvalue weighted by molar-refractivity contribution is -0.591. The fourth-order valence-electron chi connectivity index (χ4n) is 5.65. The molecule has 0 radical (unpaired) electrons. The largest absolute Gasteiger partial charge is 0.430 e. The zero-order valence-electron chi connectivity index (χ0n) is 14.1. The van der Waals surface area contributed by atoms with E-state index in [0.29, 0.717) is 5.92 Å². The second-order valence-electron chi connectivity index (χ2n) is 8.30. The molecule has 1 aliphatic carbocycles. The molecule has 5 fully saturated rings. The van der Waals surface area contributed by atoms with Gasteiger partial charge in [-0.2, -0.15) is 0 Å². The van der Waals surface area contributed by atoms with Crippen molar-refractivity contribution in [2.24, 2.45) is 23.2 Å². The molecular weight excluding hydrogens is 284 g/mol. The third kappa shape index (κ3) is 1.44. The molecule has 4 saturated heterocycles. The molecule has 7 atom stereocenters. The first kappa shape index (κ1) is 14.9. The van der Waals surface area contributed by atoms with Crippen LogP contribution in [0.25, 0.3) is 0 Å². The van der Waals surface area contributed by atoms with Gasteiger partial charge in [-0.1, -0.05) is 20.8 Å². The second kappa shape index (κ2) is 4.05. The molecule has 2 bridgehead atoms. The lowest BCUT2D eigenvalue weighted by Crippen LogP contribution is -2.78. The molecular formula is C17H26O5. The van der Waals surface area contributed by atoms with Crippen LogP contribution >= 0.6 is 0 Å². The average Bonchev–Trinajstić information content (AvgIpc) is 2.60. The molecule has 4 aliphatic heterocycles. The Labute approximate surface area is 131 Å². The highest BCUT2D eigenvalue weighted by molar-refractivity contribution is 5.74. The SMILES string of the molecule is CC1C(=O)OC2(C)OC3(C)CCC4(C)C(C)CCC1C24OO3. The number of hydrogen-bond acceptors (Lipinski definition) is 5. The number of fused-ring (bicyclic) bond motifs is 2. The molecule has 5 rings (SSSR count). The number of rotatable bonds is 0. The Morgan fingerprint density at radius 3 is 2.50 bits per heavy atom. The molecule has 7 unspecified atom stereocenters. The summed E-state index contributed by atoms with van der Waals surface area (Å²) in [6.07, 6.45) is 3.72. The Bertz CT molecular complexity index is 535. The average molecular weight is 310 g/mol. The highest BCUT2D eigenvalue weighted by Gasteiger charge is 2.79. The summed E-state index contributed by atoms with van der Waals surface area (Å²) in [6, 6.07) is 0. The molecule has 0 amide bonds. The fraction of sp³-hybridized carbons (Fsp3) is 0.941. The van der Waals surface area contributed by atoms with Crippen LogP contribution in [0.1, 0.15) is 60.3 Å². The number of carbonyl (C=O) groups is 1. The van der Waals surface area contributed by atoms with Crippen molar-refractivity contribution in [3.63, 3.8) is 0 Å². The van der Waals surface area contributed by atoms with Gasteiger partial charge in [0, 0.05) is 24.7 Å². The molecule has 0 aromatic heterocycles. The van der Waals surface area contributed by atoms with Crippen LogP contribution in [0.15, 0.2) is 0 Å². The molecule has 1 saturated carbocycles. The summed E-state index contributed by atoms with van der Waals surface area (Å²) in [4.78, 5) is 24.3. The van der Waals surface area contributed by atoms with Crippen LogP contribution in [-0.2, 0) is 24.0 Å². The van der Waals surface area contributed by atoms with Crippen LogP contribution in [0.2, 0.25) is 0 Å². The predicted molar refractivity (Wildman–Crippen MR) is 77.3 cm³/mol. The molecule has 4 heterocycles. The summed E-state index contributed by atoms with van der Waals surface area (Å²) in [6.45, 7) is 10.2. The standard InChI is InChI=1S/C17H26O5/c1-10-6-7-12-11(2)13(18)19-16(5)17(12)14(10,3)8-9-15(4,20-16)21-22-17/h10-12H,6-9H2,1-5H3. The van der Waals surface area contributed by atoms with Crippen molar-refractivity contribution in [3.05, 3.63) is 0 Å². The predicted octanol–water partition coefficient (Wildman–Crippen LogP) is 3.18. The lowest BCUT2D eigenvalue weighted by atomic mass is 9.48. The zero-order chi connectivity index (χ0) is 16.0. The maximum Gasteiger partial charge on any atom is 0.311 e. The molecule has 0 aromatic rings. The second-order valence-corrected chi connectivity index (χ2v) is 8.30. The van der Waals surface area contributed by atoms with E-state index in [-0.39, 0.29) is 23.2 Å². The molecule has 124 valence electrons. The van der Waals surface area contributed by atoms with Crippen LogP contribution in [0.4, 0.5) is 0 Å². The van der Waals surface area contributed by atoms with Gasteiger partial charge in [-0.15, -0.1) is 0 Å². The van der Waals surface area contributed by atoms with Gasteiger partial charge in [0.1, 0.15) is 0 Å². The van der Waals surface area contributed by atoms with Crippen molar-refractivity contribution < 1.29 is 24.0 Å². The zero-order valence-corrected chi connectivity index (χ0v) is 14.1. The minimum absolute atomic E-state index is 0.0580. The molecule has 5 heteroatoms. The van der Waals surface area contributed by atoms with Gasteiger partial charge in [0.25, 0.3) is 0 Å². The van der Waals surface area contributed by atoms with Crippen molar-refractivity contribution in [3.8, 4) is 0 Å². The summed E-state index contributed by atoms with van der Waals surface area (Å²) in [7, 11) is 0. The molecule has 0 N–H and O–H groups in total. The third-order valence-electron chi connectivity index (χ3n) is 7.17. The van der Waals surface area contributed by atoms with Crippen molar-refractivity contribution in [1.82, 2.24) is 0 Å². The Kier molecular flexibility index (Phi) is 2.75. The van der Waals surface area contributed by atoms with Crippen molar-refractivity contribution in [1.29, 1.82) is 0 Å². The summed E-state index contributed by atoms with van der Waals surface area (Å²) < 4.78 is 12.1. The first-order valence-electron chi connectivity index (χ1n) is 8.47. The minimum Gasteiger partial charge on any atom is -0.430 e. The number of hydrogen-bond donors (Lipinski definition) is 0. The van der Waals surface area contributed by atoms with E-state index in [1.54, 1.807) is 0 Å². The van der Waals surface area contributed by atoms with Gasteiger partial charge in [0.05, 0.1) is 5.92 Å². The maximum absolute atomic E-state index is 12.4. The number of carbonyl (C=O) groups excluding carboxylic acids is 1. The molecule has 0 aromatic carbocycles. The minimum atomic E-state index is -1.09. The topological polar surface area (TPSA) is 54.0 Å². The summed E-state index contributed by atoms with van der Waals surface area (Å²) >= 11 is 0. The smallest absolute Gasteiger partial charge is 0.311 e. The van der Waals surface area contributed by atoms with E-state index >= 15 is 0 Å². The van der Waals surface area contributed by atoms with E-state index in [2.05, 4.69) is 13.8 Å². The normalized spacial score (nSPS) is 60.4. The first-order valence-corrected chi connectivity index (χ1v) is 8.47. The maximum atomic E-state index is 12.4. The lowest BCUT2D eigenvalue weighted by Gasteiger charge is -2.65.